The molecule has 0 aliphatic carbocycles. The van der Waals surface area contributed by atoms with Gasteiger partial charge in [0.25, 0.3) is 6.20 Å². The van der Waals surface area contributed by atoms with Crippen molar-refractivity contribution in [2.45, 2.75) is 6.92 Å². The Hall–Kier alpha value is -4.63. The molecule has 0 spiro atoms. The van der Waals surface area contributed by atoms with Crippen molar-refractivity contribution in [2.24, 2.45) is 0 Å². The zero-order chi connectivity index (χ0) is 21.3. The average molecular weight is 402 g/mol. The highest BCUT2D eigenvalue weighted by Gasteiger charge is 2.17. The van der Waals surface area contributed by atoms with Crippen LogP contribution in [0.25, 0.3) is 5.69 Å². The first-order valence-electron chi connectivity index (χ1n) is 8.83. The van der Waals surface area contributed by atoms with Crippen molar-refractivity contribution in [1.82, 2.24) is 5.27 Å². The van der Waals surface area contributed by atoms with Crippen LogP contribution in [0.15, 0.2) is 59.3 Å². The summed E-state index contributed by atoms with van der Waals surface area (Å²) in [6.07, 6.45) is 1.49. The first-order chi connectivity index (χ1) is 14.6. The fourth-order valence-corrected chi connectivity index (χ4v) is 2.40. The van der Waals surface area contributed by atoms with E-state index in [9.17, 15) is 9.59 Å². The van der Waals surface area contributed by atoms with Gasteiger partial charge in [0.05, 0.1) is 12.2 Å². The molecule has 148 valence electrons. The van der Waals surface area contributed by atoms with Crippen molar-refractivity contribution in [2.75, 3.05) is 17.2 Å². The summed E-state index contributed by atoms with van der Waals surface area (Å²) in [4.78, 5) is 23.8. The normalized spacial score (nSPS) is 9.60. The number of nitrogens with zero attached hydrogens (tertiary/aromatic N) is 3. The Morgan fingerprint density at radius 1 is 1.13 bits per heavy atom. The van der Waals surface area contributed by atoms with Crippen LogP contribution in [0.3, 0.4) is 0 Å². The molecule has 1 aromatic heterocycles. The molecule has 0 bridgehead atoms. The maximum atomic E-state index is 12.1. The van der Waals surface area contributed by atoms with Gasteiger partial charge in [-0.25, -0.2) is 9.59 Å². The van der Waals surface area contributed by atoms with Crippen LogP contribution in [0.5, 0.6) is 0 Å². The predicted octanol–water partition coefficient (Wildman–Crippen LogP) is 2.65. The van der Waals surface area contributed by atoms with Gasteiger partial charge in [0.1, 0.15) is 0 Å². The fraction of sp³-hybridized carbons (Fsp3) is 0.0952. The van der Waals surface area contributed by atoms with Gasteiger partial charge in [0.2, 0.25) is 11.0 Å². The summed E-state index contributed by atoms with van der Waals surface area (Å²) < 4.78 is 11.5. The highest BCUT2D eigenvalue weighted by atomic mass is 16.5. The van der Waals surface area contributed by atoms with Crippen LogP contribution >= 0.6 is 0 Å². The Labute approximate surface area is 171 Å². The van der Waals surface area contributed by atoms with Crippen molar-refractivity contribution < 1.29 is 23.5 Å². The quantitative estimate of drug-likeness (QED) is 0.384. The van der Waals surface area contributed by atoms with Crippen LogP contribution in [0.4, 0.5) is 16.4 Å². The number of hydrogen-bond donors (Lipinski definition) is 2. The molecule has 1 heterocycles. The number of carbonyl (C=O) groups excluding carboxylic acids is 2. The minimum absolute atomic E-state index is 0.124. The summed E-state index contributed by atoms with van der Waals surface area (Å²) >= 11 is 0. The van der Waals surface area contributed by atoms with E-state index in [-0.39, 0.29) is 5.88 Å². The smallest absolute Gasteiger partial charge is 0.338 e. The molecule has 2 amide bonds. The maximum absolute atomic E-state index is 12.1. The highest BCUT2D eigenvalue weighted by molar-refractivity contribution is 5.98. The van der Waals surface area contributed by atoms with E-state index >= 15 is 0 Å². The third kappa shape index (κ3) is 5.21. The second kappa shape index (κ2) is 9.53. The Morgan fingerprint density at radius 2 is 1.87 bits per heavy atom. The van der Waals surface area contributed by atoms with Crippen LogP contribution in [0.1, 0.15) is 22.8 Å². The van der Waals surface area contributed by atoms with Gasteiger partial charge < -0.3 is 10.1 Å². The zero-order valence-electron chi connectivity index (χ0n) is 15.9. The molecule has 0 atom stereocenters. The second-order valence-corrected chi connectivity index (χ2v) is 5.80. The summed E-state index contributed by atoms with van der Waals surface area (Å²) in [5.74, 6) is 4.68. The Kier molecular flexibility index (Phi) is 6.39. The third-order valence-corrected chi connectivity index (χ3v) is 3.75. The molecule has 3 rings (SSSR count). The van der Waals surface area contributed by atoms with Gasteiger partial charge in [-0.1, -0.05) is 5.92 Å². The largest absolute Gasteiger partial charge is 0.462 e. The van der Waals surface area contributed by atoms with E-state index < -0.39 is 12.0 Å². The van der Waals surface area contributed by atoms with Gasteiger partial charge in [-0.3, -0.25) is 9.84 Å². The van der Waals surface area contributed by atoms with E-state index in [0.717, 1.165) is 0 Å². The van der Waals surface area contributed by atoms with Gasteiger partial charge in [-0.15, -0.1) is 0 Å². The van der Waals surface area contributed by atoms with Crippen LogP contribution in [-0.4, -0.2) is 23.9 Å². The predicted molar refractivity (Wildman–Crippen MR) is 106 cm³/mol. The maximum Gasteiger partial charge on any atom is 0.338 e. The number of aromatic nitrogens is 2. The minimum atomic E-state index is -0.521. The molecule has 30 heavy (non-hydrogen) atoms. The number of hydrogen-bond acceptors (Lipinski definition) is 6. The lowest BCUT2D eigenvalue weighted by Crippen LogP contribution is -2.31. The summed E-state index contributed by atoms with van der Waals surface area (Å²) in [5, 5.41) is 17.5. The minimum Gasteiger partial charge on any atom is -0.462 e. The molecular weight excluding hydrogens is 386 g/mol. The van der Waals surface area contributed by atoms with Gasteiger partial charge in [0, 0.05) is 29.3 Å². The fourth-order valence-electron chi connectivity index (χ4n) is 2.40. The lowest BCUT2D eigenvalue weighted by molar-refractivity contribution is -0.670. The number of nitrogens with one attached hydrogen (secondary N) is 2. The van der Waals surface area contributed by atoms with E-state index in [1.165, 1.54) is 10.9 Å². The summed E-state index contributed by atoms with van der Waals surface area (Å²) in [7, 11) is 0. The molecule has 0 saturated carbocycles. The topological polar surface area (TPSA) is 121 Å². The monoisotopic (exact) mass is 402 g/mol. The number of ether oxygens (including phenoxy) is 1. The number of rotatable bonds is 5. The lowest BCUT2D eigenvalue weighted by Gasteiger charge is -2.03. The summed E-state index contributed by atoms with van der Waals surface area (Å²) in [5.41, 5.74) is 2.26. The molecule has 0 radical (unpaired) electrons. The molecule has 2 N–H and O–H groups in total. The summed E-state index contributed by atoms with van der Waals surface area (Å²) in [6.45, 7) is 2.04. The number of carbonyl (C=O) groups is 2. The van der Waals surface area contributed by atoms with E-state index in [0.29, 0.717) is 29.1 Å². The van der Waals surface area contributed by atoms with Crippen LogP contribution in [0, 0.1) is 23.2 Å². The third-order valence-electron chi connectivity index (χ3n) is 3.75. The molecule has 0 saturated heterocycles. The Balaban J connectivity index is 1.60. The van der Waals surface area contributed by atoms with E-state index in [1.807, 2.05) is 0 Å². The number of urea groups is 1. The number of esters is 1. The molecule has 2 aromatic carbocycles. The SMILES string of the molecule is CCOC(=O)c1ccc(-[n+]2cc(NC(=O)Nc3ccc(C#CC#N)cc3)on2)cc1. The molecule has 0 aliphatic heterocycles. The molecular formula is C21H16N5O4+. The number of nitriles is 1. The molecule has 0 fully saturated rings. The number of anilines is 2. The molecule has 0 unspecified atom stereocenters. The number of benzene rings is 2. The first-order valence-corrected chi connectivity index (χ1v) is 8.83. The van der Waals surface area contributed by atoms with Gasteiger partial charge in [-0.05, 0) is 48.0 Å². The highest BCUT2D eigenvalue weighted by Crippen LogP contribution is 2.11. The second-order valence-electron chi connectivity index (χ2n) is 5.80. The van der Waals surface area contributed by atoms with Crippen molar-refractivity contribution in [3.05, 3.63) is 65.9 Å². The van der Waals surface area contributed by atoms with Gasteiger partial charge >= 0.3 is 17.9 Å². The molecule has 9 heteroatoms. The molecule has 9 nitrogen and oxygen atoms in total. The van der Waals surface area contributed by atoms with Crippen LogP contribution in [-0.2, 0) is 4.74 Å². The van der Waals surface area contributed by atoms with Crippen LogP contribution in [0.2, 0.25) is 0 Å². The zero-order valence-corrected chi connectivity index (χ0v) is 15.9. The van der Waals surface area contributed by atoms with Crippen molar-refractivity contribution >= 4 is 23.6 Å². The first kappa shape index (κ1) is 20.1. The molecule has 3 aromatic rings. The lowest BCUT2D eigenvalue weighted by atomic mass is 10.2. The van der Waals surface area contributed by atoms with Crippen LogP contribution < -0.4 is 15.3 Å². The Bertz CT molecular complexity index is 1150. The molecule has 0 aliphatic rings. The number of amides is 2. The summed E-state index contributed by atoms with van der Waals surface area (Å²) in [6, 6.07) is 14.5. The van der Waals surface area contributed by atoms with E-state index in [4.69, 9.17) is 14.5 Å². The average Bonchev–Trinajstić information content (AvgIpc) is 3.22. The Morgan fingerprint density at radius 3 is 2.53 bits per heavy atom. The van der Waals surface area contributed by atoms with Crippen molar-refractivity contribution in [3.8, 4) is 23.6 Å². The van der Waals surface area contributed by atoms with Gasteiger partial charge in [0.15, 0.2) is 6.07 Å². The van der Waals surface area contributed by atoms with Crippen molar-refractivity contribution in [3.63, 3.8) is 0 Å². The van der Waals surface area contributed by atoms with Crippen molar-refractivity contribution in [1.29, 1.82) is 5.26 Å². The van der Waals surface area contributed by atoms with E-state index in [2.05, 4.69) is 27.7 Å². The van der Waals surface area contributed by atoms with Gasteiger partial charge in [-0.2, -0.15) is 5.26 Å². The van der Waals surface area contributed by atoms with E-state index in [1.54, 1.807) is 61.5 Å². The standard InChI is InChI=1S/C21H15N5O4/c1-2-29-20(27)16-7-11-18(12-8-16)26-14-19(30-25-26)24-21(28)23-17-9-5-15(6-10-17)4-3-13-22/h5-12,14H,2H2,1H3,(H-,23,24,25,28)/p+1.